The number of imidazole rings is 1. The van der Waals surface area contributed by atoms with E-state index in [2.05, 4.69) is 32.9 Å². The van der Waals surface area contributed by atoms with Crippen molar-refractivity contribution in [2.24, 2.45) is 0 Å². The third kappa shape index (κ3) is 2.99. The number of aromatic nitrogens is 2. The molecule has 1 heterocycles. The highest BCUT2D eigenvalue weighted by atomic mass is 127. The number of carbonyl (C=O) groups is 1. The maximum Gasteiger partial charge on any atom is 0.326 e. The number of hydrogen-bond acceptors (Lipinski definition) is 2. The van der Waals surface area contributed by atoms with Gasteiger partial charge in [-0.2, -0.15) is 0 Å². The molecule has 106 valence electrons. The van der Waals surface area contributed by atoms with E-state index in [-0.39, 0.29) is 18.1 Å². The number of fused-ring (bicyclic) bond motifs is 1. The van der Waals surface area contributed by atoms with E-state index in [4.69, 9.17) is 0 Å². The normalized spacial score (nSPS) is 10.7. The molecule has 6 heteroatoms. The van der Waals surface area contributed by atoms with E-state index >= 15 is 0 Å². The van der Waals surface area contributed by atoms with Crippen LogP contribution in [0.15, 0.2) is 53.3 Å². The Labute approximate surface area is 134 Å². The van der Waals surface area contributed by atoms with Crippen LogP contribution >= 0.6 is 22.6 Å². The van der Waals surface area contributed by atoms with Gasteiger partial charge in [0.05, 0.1) is 11.0 Å². The quantitative estimate of drug-likeness (QED) is 0.672. The summed E-state index contributed by atoms with van der Waals surface area (Å²) in [6, 6.07) is 14.8. The van der Waals surface area contributed by atoms with Crippen LogP contribution in [0.3, 0.4) is 0 Å². The molecule has 0 bridgehead atoms. The fourth-order valence-electron chi connectivity index (χ4n) is 2.17. The van der Waals surface area contributed by atoms with Crippen molar-refractivity contribution in [3.05, 3.63) is 62.6 Å². The molecule has 0 unspecified atom stereocenters. The molecule has 2 aromatic carbocycles. The van der Waals surface area contributed by atoms with Crippen LogP contribution in [0, 0.1) is 3.57 Å². The number of H-pyrrole nitrogens is 1. The first-order chi connectivity index (χ1) is 10.1. The summed E-state index contributed by atoms with van der Waals surface area (Å²) in [6.45, 7) is -0.0195. The van der Waals surface area contributed by atoms with Gasteiger partial charge in [0.15, 0.2) is 0 Å². The Morgan fingerprint density at radius 1 is 1.19 bits per heavy atom. The molecule has 0 spiro atoms. The molecular formula is C15H12IN3O2. The van der Waals surface area contributed by atoms with Gasteiger partial charge >= 0.3 is 5.69 Å². The molecule has 3 aromatic rings. The second-order valence-electron chi connectivity index (χ2n) is 4.59. The van der Waals surface area contributed by atoms with Crippen LogP contribution in [0.1, 0.15) is 0 Å². The van der Waals surface area contributed by atoms with Crippen molar-refractivity contribution in [3.63, 3.8) is 0 Å². The Morgan fingerprint density at radius 3 is 2.81 bits per heavy atom. The maximum atomic E-state index is 12.1. The Balaban J connectivity index is 1.84. The molecule has 0 atom stereocenters. The molecule has 5 nitrogen and oxygen atoms in total. The summed E-state index contributed by atoms with van der Waals surface area (Å²) in [6.07, 6.45) is 0. The molecule has 0 saturated carbocycles. The van der Waals surface area contributed by atoms with E-state index in [9.17, 15) is 9.59 Å². The number of anilines is 1. The van der Waals surface area contributed by atoms with Crippen molar-refractivity contribution in [2.45, 2.75) is 6.54 Å². The highest BCUT2D eigenvalue weighted by molar-refractivity contribution is 14.1. The van der Waals surface area contributed by atoms with Gasteiger partial charge in [0.2, 0.25) is 5.91 Å². The standard InChI is InChI=1S/C15H12IN3O2/c16-10-4-3-5-11(8-10)17-14(20)9-19-13-7-2-1-6-12(13)18-15(19)21/h1-8H,9H2,(H,17,20)(H,18,21). The Morgan fingerprint density at radius 2 is 2.00 bits per heavy atom. The molecule has 3 rings (SSSR count). The fourth-order valence-corrected chi connectivity index (χ4v) is 2.72. The lowest BCUT2D eigenvalue weighted by Crippen LogP contribution is -2.25. The number of nitrogens with one attached hydrogen (secondary N) is 2. The SMILES string of the molecule is O=C(Cn1c(=O)[nH]c2ccccc21)Nc1cccc(I)c1. The van der Waals surface area contributed by atoms with E-state index in [0.29, 0.717) is 0 Å². The van der Waals surface area contributed by atoms with Crippen LogP contribution in [-0.4, -0.2) is 15.5 Å². The number of hydrogen-bond donors (Lipinski definition) is 2. The zero-order valence-electron chi connectivity index (χ0n) is 11.0. The largest absolute Gasteiger partial charge is 0.326 e. The first kappa shape index (κ1) is 13.9. The molecule has 0 aliphatic heterocycles. The van der Waals surface area contributed by atoms with Crippen LogP contribution < -0.4 is 11.0 Å². The highest BCUT2D eigenvalue weighted by Gasteiger charge is 2.10. The Bertz CT molecular complexity index is 866. The van der Waals surface area contributed by atoms with Gasteiger partial charge in [0, 0.05) is 9.26 Å². The van der Waals surface area contributed by atoms with Crippen molar-refractivity contribution in [1.29, 1.82) is 0 Å². The van der Waals surface area contributed by atoms with Gasteiger partial charge in [-0.15, -0.1) is 0 Å². The summed E-state index contributed by atoms with van der Waals surface area (Å²) in [7, 11) is 0. The van der Waals surface area contributed by atoms with Crippen LogP contribution in [0.4, 0.5) is 5.69 Å². The number of benzene rings is 2. The number of aromatic amines is 1. The van der Waals surface area contributed by atoms with Crippen molar-refractivity contribution in [2.75, 3.05) is 5.32 Å². The molecular weight excluding hydrogens is 381 g/mol. The number of rotatable bonds is 3. The van der Waals surface area contributed by atoms with Crippen LogP contribution in [-0.2, 0) is 11.3 Å². The predicted octanol–water partition coefficient (Wildman–Crippen LogP) is 2.57. The van der Waals surface area contributed by atoms with E-state index in [1.807, 2.05) is 48.5 Å². The van der Waals surface area contributed by atoms with Crippen molar-refractivity contribution in [3.8, 4) is 0 Å². The smallest absolute Gasteiger partial charge is 0.324 e. The first-order valence-corrected chi connectivity index (χ1v) is 7.44. The topological polar surface area (TPSA) is 66.9 Å². The number of amides is 1. The molecule has 0 radical (unpaired) electrons. The zero-order valence-corrected chi connectivity index (χ0v) is 13.1. The first-order valence-electron chi connectivity index (χ1n) is 6.36. The third-order valence-electron chi connectivity index (χ3n) is 3.09. The summed E-state index contributed by atoms with van der Waals surface area (Å²) < 4.78 is 2.47. The van der Waals surface area contributed by atoms with Crippen molar-refractivity contribution < 1.29 is 4.79 Å². The Kier molecular flexibility index (Phi) is 3.78. The Hall–Kier alpha value is -2.09. The number of nitrogens with zero attached hydrogens (tertiary/aromatic N) is 1. The minimum absolute atomic E-state index is 0.0195. The summed E-state index contributed by atoms with van der Waals surface area (Å²) in [5.41, 5.74) is 1.89. The van der Waals surface area contributed by atoms with Gasteiger partial charge in [-0.25, -0.2) is 4.79 Å². The number of halogens is 1. The maximum absolute atomic E-state index is 12.1. The molecule has 1 amide bonds. The molecule has 0 saturated heterocycles. The molecule has 21 heavy (non-hydrogen) atoms. The lowest BCUT2D eigenvalue weighted by molar-refractivity contribution is -0.116. The minimum atomic E-state index is -0.283. The van der Waals surface area contributed by atoms with Crippen molar-refractivity contribution >= 4 is 45.2 Å². The monoisotopic (exact) mass is 393 g/mol. The van der Waals surface area contributed by atoms with Gasteiger partial charge in [0.1, 0.15) is 6.54 Å². The van der Waals surface area contributed by atoms with Crippen LogP contribution in [0.5, 0.6) is 0 Å². The van der Waals surface area contributed by atoms with Crippen LogP contribution in [0.25, 0.3) is 11.0 Å². The zero-order chi connectivity index (χ0) is 14.8. The number of para-hydroxylation sites is 2. The van der Waals surface area contributed by atoms with Gasteiger partial charge in [-0.1, -0.05) is 18.2 Å². The van der Waals surface area contributed by atoms with Crippen LogP contribution in [0.2, 0.25) is 0 Å². The van der Waals surface area contributed by atoms with E-state index in [1.165, 1.54) is 4.57 Å². The fraction of sp³-hybridized carbons (Fsp3) is 0.0667. The average molecular weight is 393 g/mol. The second kappa shape index (κ2) is 5.72. The van der Waals surface area contributed by atoms with E-state index in [1.54, 1.807) is 0 Å². The summed E-state index contributed by atoms with van der Waals surface area (Å²) >= 11 is 2.18. The van der Waals surface area contributed by atoms with E-state index in [0.717, 1.165) is 20.3 Å². The van der Waals surface area contributed by atoms with Crippen molar-refractivity contribution in [1.82, 2.24) is 9.55 Å². The predicted molar refractivity (Wildman–Crippen MR) is 90.3 cm³/mol. The van der Waals surface area contributed by atoms with E-state index < -0.39 is 0 Å². The molecule has 0 aliphatic carbocycles. The number of carbonyl (C=O) groups excluding carboxylic acids is 1. The molecule has 2 N–H and O–H groups in total. The second-order valence-corrected chi connectivity index (χ2v) is 5.84. The highest BCUT2D eigenvalue weighted by Crippen LogP contribution is 2.13. The third-order valence-corrected chi connectivity index (χ3v) is 3.76. The lowest BCUT2D eigenvalue weighted by Gasteiger charge is -2.06. The van der Waals surface area contributed by atoms with Gasteiger partial charge in [-0.3, -0.25) is 9.36 Å². The molecule has 0 aliphatic rings. The molecule has 1 aromatic heterocycles. The summed E-state index contributed by atoms with van der Waals surface area (Å²) in [5, 5.41) is 2.80. The van der Waals surface area contributed by atoms with Gasteiger partial charge in [0.25, 0.3) is 0 Å². The van der Waals surface area contributed by atoms with Gasteiger partial charge < -0.3 is 10.3 Å². The molecule has 0 fully saturated rings. The summed E-state index contributed by atoms with van der Waals surface area (Å²) in [5.74, 6) is -0.233. The minimum Gasteiger partial charge on any atom is -0.324 e. The average Bonchev–Trinajstić information content (AvgIpc) is 2.75. The summed E-state index contributed by atoms with van der Waals surface area (Å²) in [4.78, 5) is 26.7. The lowest BCUT2D eigenvalue weighted by atomic mass is 10.3. The van der Waals surface area contributed by atoms with Gasteiger partial charge in [-0.05, 0) is 52.9 Å².